The molecule has 112 valence electrons. The summed E-state index contributed by atoms with van der Waals surface area (Å²) in [6.45, 7) is 1.17. The van der Waals surface area contributed by atoms with Crippen molar-refractivity contribution >= 4 is 17.9 Å². The minimum absolute atomic E-state index is 0.0253. The standard InChI is InChI=1S/C12H19N3O5/c16-10(17)7-20-5-3-13-12(19)15-4-1-2-8-9(15)6-14-11(8)18/h8-9H,1-7H2,(H,13,19)(H,14,18)(H,16,17). The third kappa shape index (κ3) is 3.38. The van der Waals surface area contributed by atoms with Gasteiger partial charge in [-0.1, -0.05) is 0 Å². The van der Waals surface area contributed by atoms with E-state index in [1.165, 1.54) is 0 Å². The molecule has 2 aliphatic heterocycles. The first-order valence-corrected chi connectivity index (χ1v) is 6.71. The number of carboxylic acid groups (broad SMARTS) is 1. The lowest BCUT2D eigenvalue weighted by Gasteiger charge is -2.35. The number of carbonyl (C=O) groups is 3. The normalized spacial score (nSPS) is 25.0. The van der Waals surface area contributed by atoms with Crippen LogP contribution in [0.4, 0.5) is 4.79 Å². The molecule has 0 saturated carbocycles. The second-order valence-electron chi connectivity index (χ2n) is 4.93. The smallest absolute Gasteiger partial charge is 0.329 e. The fraction of sp³-hybridized carbons (Fsp3) is 0.750. The highest BCUT2D eigenvalue weighted by atomic mass is 16.5. The van der Waals surface area contributed by atoms with Crippen molar-refractivity contribution in [3.63, 3.8) is 0 Å². The molecule has 8 heteroatoms. The Morgan fingerprint density at radius 1 is 1.50 bits per heavy atom. The molecule has 3 amide bonds. The fourth-order valence-electron chi connectivity index (χ4n) is 2.69. The van der Waals surface area contributed by atoms with Crippen LogP contribution in [0.2, 0.25) is 0 Å². The minimum atomic E-state index is -1.04. The maximum absolute atomic E-state index is 12.0. The van der Waals surface area contributed by atoms with Crippen LogP contribution >= 0.6 is 0 Å². The molecule has 2 heterocycles. The Balaban J connectivity index is 1.74. The summed E-state index contributed by atoms with van der Waals surface area (Å²) in [5.74, 6) is -1.11. The van der Waals surface area contributed by atoms with Crippen molar-refractivity contribution in [3.05, 3.63) is 0 Å². The van der Waals surface area contributed by atoms with Crippen LogP contribution in [-0.4, -0.2) is 66.8 Å². The number of carbonyl (C=O) groups excluding carboxylic acids is 2. The summed E-state index contributed by atoms with van der Waals surface area (Å²) in [4.78, 5) is 35.6. The van der Waals surface area contributed by atoms with Gasteiger partial charge in [-0.2, -0.15) is 0 Å². The molecule has 3 N–H and O–H groups in total. The van der Waals surface area contributed by atoms with E-state index >= 15 is 0 Å². The third-order valence-corrected chi connectivity index (χ3v) is 3.61. The van der Waals surface area contributed by atoms with E-state index in [9.17, 15) is 14.4 Å². The number of urea groups is 1. The SMILES string of the molecule is O=C(O)COCCNC(=O)N1CCCC2C(=O)NCC21. The monoisotopic (exact) mass is 285 g/mol. The van der Waals surface area contributed by atoms with Crippen LogP contribution in [0.15, 0.2) is 0 Å². The Morgan fingerprint density at radius 2 is 2.30 bits per heavy atom. The Kier molecular flexibility index (Phi) is 4.78. The van der Waals surface area contributed by atoms with Crippen molar-refractivity contribution in [1.82, 2.24) is 15.5 Å². The van der Waals surface area contributed by atoms with E-state index < -0.39 is 5.97 Å². The summed E-state index contributed by atoms with van der Waals surface area (Å²) in [6.07, 6.45) is 1.64. The van der Waals surface area contributed by atoms with Gasteiger partial charge in [-0.05, 0) is 12.8 Å². The summed E-state index contributed by atoms with van der Waals surface area (Å²) in [5, 5.41) is 13.9. The number of ether oxygens (including phenoxy) is 1. The van der Waals surface area contributed by atoms with Gasteiger partial charge in [0.25, 0.3) is 0 Å². The summed E-state index contributed by atoms with van der Waals surface area (Å²) in [6, 6.07) is -0.300. The molecule has 8 nitrogen and oxygen atoms in total. The average Bonchev–Trinajstić information content (AvgIpc) is 2.80. The minimum Gasteiger partial charge on any atom is -0.480 e. The first-order chi connectivity index (χ1) is 9.59. The number of nitrogens with zero attached hydrogens (tertiary/aromatic N) is 1. The van der Waals surface area contributed by atoms with Crippen LogP contribution in [0.5, 0.6) is 0 Å². The molecule has 2 atom stereocenters. The number of fused-ring (bicyclic) bond motifs is 1. The molecule has 20 heavy (non-hydrogen) atoms. The Labute approximate surface area is 116 Å². The zero-order valence-corrected chi connectivity index (χ0v) is 11.1. The second-order valence-corrected chi connectivity index (χ2v) is 4.93. The van der Waals surface area contributed by atoms with Crippen LogP contribution in [0.3, 0.4) is 0 Å². The highest BCUT2D eigenvalue weighted by molar-refractivity contribution is 5.84. The number of aliphatic carboxylic acids is 1. The molecular formula is C12H19N3O5. The van der Waals surface area contributed by atoms with Crippen molar-refractivity contribution in [2.45, 2.75) is 18.9 Å². The number of amides is 3. The van der Waals surface area contributed by atoms with Crippen LogP contribution in [-0.2, 0) is 14.3 Å². The molecule has 0 aromatic rings. The molecule has 2 aliphatic rings. The zero-order valence-electron chi connectivity index (χ0n) is 11.1. The van der Waals surface area contributed by atoms with E-state index in [1.54, 1.807) is 4.90 Å². The van der Waals surface area contributed by atoms with Crippen molar-refractivity contribution < 1.29 is 24.2 Å². The summed E-state index contributed by atoms with van der Waals surface area (Å²) in [5.41, 5.74) is 0. The van der Waals surface area contributed by atoms with Crippen LogP contribution in [0.25, 0.3) is 0 Å². The van der Waals surface area contributed by atoms with E-state index in [-0.39, 0.29) is 43.7 Å². The molecule has 0 radical (unpaired) electrons. The van der Waals surface area contributed by atoms with Gasteiger partial charge in [0, 0.05) is 19.6 Å². The molecule has 0 aromatic heterocycles. The highest BCUT2D eigenvalue weighted by Gasteiger charge is 2.42. The second kappa shape index (κ2) is 6.56. The van der Waals surface area contributed by atoms with Gasteiger partial charge in [-0.25, -0.2) is 9.59 Å². The summed E-state index contributed by atoms with van der Waals surface area (Å²) in [7, 11) is 0. The molecular weight excluding hydrogens is 266 g/mol. The van der Waals surface area contributed by atoms with Crippen LogP contribution in [0.1, 0.15) is 12.8 Å². The number of nitrogens with one attached hydrogen (secondary N) is 2. The first-order valence-electron chi connectivity index (χ1n) is 6.71. The van der Waals surface area contributed by atoms with Crippen LogP contribution < -0.4 is 10.6 Å². The van der Waals surface area contributed by atoms with E-state index in [4.69, 9.17) is 9.84 Å². The summed E-state index contributed by atoms with van der Waals surface area (Å²) >= 11 is 0. The van der Waals surface area contributed by atoms with Crippen molar-refractivity contribution in [2.24, 2.45) is 5.92 Å². The third-order valence-electron chi connectivity index (χ3n) is 3.61. The van der Waals surface area contributed by atoms with Crippen molar-refractivity contribution in [1.29, 1.82) is 0 Å². The largest absolute Gasteiger partial charge is 0.480 e. The lowest BCUT2D eigenvalue weighted by molar-refractivity contribution is -0.142. The predicted molar refractivity (Wildman–Crippen MR) is 68.1 cm³/mol. The maximum atomic E-state index is 12.0. The van der Waals surface area contributed by atoms with Gasteiger partial charge in [0.1, 0.15) is 6.61 Å². The van der Waals surface area contributed by atoms with E-state index in [0.717, 1.165) is 12.8 Å². The molecule has 0 aromatic carbocycles. The molecule has 0 aliphatic carbocycles. The lowest BCUT2D eigenvalue weighted by atomic mass is 9.92. The van der Waals surface area contributed by atoms with Crippen molar-refractivity contribution in [3.8, 4) is 0 Å². The number of carboxylic acids is 1. The lowest BCUT2D eigenvalue weighted by Crippen LogP contribution is -2.52. The summed E-state index contributed by atoms with van der Waals surface area (Å²) < 4.78 is 4.84. The Bertz CT molecular complexity index is 401. The van der Waals surface area contributed by atoms with Gasteiger partial charge < -0.3 is 25.4 Å². The van der Waals surface area contributed by atoms with Gasteiger partial charge in [0.05, 0.1) is 18.6 Å². The molecule has 0 bridgehead atoms. The zero-order chi connectivity index (χ0) is 14.5. The van der Waals surface area contributed by atoms with Gasteiger partial charge in [0.2, 0.25) is 5.91 Å². The first kappa shape index (κ1) is 14.6. The number of hydrogen-bond donors (Lipinski definition) is 3. The topological polar surface area (TPSA) is 108 Å². The Morgan fingerprint density at radius 3 is 3.05 bits per heavy atom. The van der Waals surface area contributed by atoms with Gasteiger partial charge in [-0.3, -0.25) is 4.79 Å². The van der Waals surface area contributed by atoms with Crippen molar-refractivity contribution in [2.75, 3.05) is 32.8 Å². The van der Waals surface area contributed by atoms with Gasteiger partial charge in [0.15, 0.2) is 0 Å². The van der Waals surface area contributed by atoms with E-state index in [2.05, 4.69) is 10.6 Å². The predicted octanol–water partition coefficient (Wildman–Crippen LogP) is -0.992. The maximum Gasteiger partial charge on any atom is 0.329 e. The molecule has 2 unspecified atom stereocenters. The van der Waals surface area contributed by atoms with Gasteiger partial charge in [-0.15, -0.1) is 0 Å². The Hall–Kier alpha value is -1.83. The van der Waals surface area contributed by atoms with Crippen LogP contribution in [0, 0.1) is 5.92 Å². The van der Waals surface area contributed by atoms with Gasteiger partial charge >= 0.3 is 12.0 Å². The number of rotatable bonds is 5. The number of hydrogen-bond acceptors (Lipinski definition) is 4. The molecule has 2 fully saturated rings. The molecule has 2 saturated heterocycles. The molecule has 0 spiro atoms. The van der Waals surface area contributed by atoms with E-state index in [1.807, 2.05) is 0 Å². The van der Waals surface area contributed by atoms with E-state index in [0.29, 0.717) is 13.1 Å². The highest BCUT2D eigenvalue weighted by Crippen LogP contribution is 2.27. The number of piperidine rings is 1. The average molecular weight is 285 g/mol. The fourth-order valence-corrected chi connectivity index (χ4v) is 2.69. The molecule has 2 rings (SSSR count). The quantitative estimate of drug-likeness (QED) is 0.562. The number of likely N-dealkylation sites (tertiary alicyclic amines) is 1.